The van der Waals surface area contributed by atoms with E-state index in [1.807, 2.05) is 6.92 Å². The lowest BCUT2D eigenvalue weighted by molar-refractivity contribution is 0.969. The highest BCUT2D eigenvalue weighted by molar-refractivity contribution is 5.37. The van der Waals surface area contributed by atoms with Crippen molar-refractivity contribution in [2.24, 2.45) is 0 Å². The zero-order chi connectivity index (χ0) is 8.72. The number of imidazole rings is 1. The van der Waals surface area contributed by atoms with Crippen molar-refractivity contribution in [2.45, 2.75) is 13.8 Å². The van der Waals surface area contributed by atoms with Crippen LogP contribution in [0.15, 0.2) is 17.1 Å². The van der Waals surface area contributed by atoms with Gasteiger partial charge >= 0.3 is 0 Å². The van der Waals surface area contributed by atoms with E-state index in [1.165, 1.54) is 0 Å². The van der Waals surface area contributed by atoms with E-state index >= 15 is 0 Å². The van der Waals surface area contributed by atoms with Crippen molar-refractivity contribution in [2.75, 3.05) is 0 Å². The third-order valence-corrected chi connectivity index (χ3v) is 1.82. The van der Waals surface area contributed by atoms with Crippen LogP contribution in [-0.4, -0.2) is 14.4 Å². The average Bonchev–Trinajstić information content (AvgIpc) is 2.31. The molecule has 0 saturated carbocycles. The molecule has 0 spiro atoms. The lowest BCUT2D eigenvalue weighted by atomic mass is 10.4. The fourth-order valence-electron chi connectivity index (χ4n) is 1.30. The molecule has 2 aromatic rings. The summed E-state index contributed by atoms with van der Waals surface area (Å²) in [6.45, 7) is 3.65. The van der Waals surface area contributed by atoms with Crippen LogP contribution >= 0.6 is 0 Å². The highest BCUT2D eigenvalue weighted by Gasteiger charge is 2.01. The third kappa shape index (κ3) is 0.845. The Balaban J connectivity index is 3.03. The molecule has 0 aliphatic rings. The van der Waals surface area contributed by atoms with Gasteiger partial charge in [-0.25, -0.2) is 9.38 Å². The number of hydrogen-bond acceptors (Lipinski definition) is 2. The molecule has 0 amide bonds. The van der Waals surface area contributed by atoms with Crippen LogP contribution in [0.3, 0.4) is 0 Å². The third-order valence-electron chi connectivity index (χ3n) is 1.82. The van der Waals surface area contributed by atoms with Crippen molar-refractivity contribution >= 4 is 5.65 Å². The number of nitrogens with one attached hydrogen (secondary N) is 1. The van der Waals surface area contributed by atoms with Gasteiger partial charge in [-0.1, -0.05) is 0 Å². The van der Waals surface area contributed by atoms with E-state index in [1.54, 1.807) is 23.6 Å². The van der Waals surface area contributed by atoms with Crippen LogP contribution in [-0.2, 0) is 0 Å². The molecule has 0 aromatic carbocycles. The van der Waals surface area contributed by atoms with Gasteiger partial charge in [0, 0.05) is 11.8 Å². The summed E-state index contributed by atoms with van der Waals surface area (Å²) in [5, 5.41) is 0. The maximum Gasteiger partial charge on any atom is 0.259 e. The van der Waals surface area contributed by atoms with E-state index in [4.69, 9.17) is 0 Å². The Bertz CT molecular complexity index is 480. The summed E-state index contributed by atoms with van der Waals surface area (Å²) in [6.07, 6.45) is 1.66. The summed E-state index contributed by atoms with van der Waals surface area (Å²) >= 11 is 0. The van der Waals surface area contributed by atoms with Crippen molar-refractivity contribution in [1.82, 2.24) is 14.4 Å². The summed E-state index contributed by atoms with van der Waals surface area (Å²) in [4.78, 5) is 18.5. The molecular weight excluding hydrogens is 154 g/mol. The summed E-state index contributed by atoms with van der Waals surface area (Å²) < 4.78 is 1.55. The molecule has 0 aliphatic heterocycles. The zero-order valence-corrected chi connectivity index (χ0v) is 6.96. The smallest absolute Gasteiger partial charge is 0.259 e. The molecule has 12 heavy (non-hydrogen) atoms. The predicted octanol–water partition coefficient (Wildman–Crippen LogP) is 0.639. The average molecular weight is 163 g/mol. The van der Waals surface area contributed by atoms with E-state index in [-0.39, 0.29) is 5.56 Å². The summed E-state index contributed by atoms with van der Waals surface area (Å²) in [7, 11) is 0. The largest absolute Gasteiger partial charge is 0.344 e. The molecule has 2 aromatic heterocycles. The van der Waals surface area contributed by atoms with Crippen molar-refractivity contribution in [3.05, 3.63) is 34.1 Å². The Kier molecular flexibility index (Phi) is 1.30. The molecular formula is C8H9N3O. The molecule has 62 valence electrons. The molecule has 1 N–H and O–H groups in total. The van der Waals surface area contributed by atoms with Gasteiger partial charge in [-0.15, -0.1) is 0 Å². The maximum absolute atomic E-state index is 11.4. The minimum Gasteiger partial charge on any atom is -0.344 e. The lowest BCUT2D eigenvalue weighted by Gasteiger charge is -1.96. The van der Waals surface area contributed by atoms with E-state index in [9.17, 15) is 4.79 Å². The van der Waals surface area contributed by atoms with Gasteiger partial charge in [0.2, 0.25) is 0 Å². The van der Waals surface area contributed by atoms with Gasteiger partial charge in [-0.3, -0.25) is 4.79 Å². The van der Waals surface area contributed by atoms with Gasteiger partial charge in [0.15, 0.2) is 0 Å². The van der Waals surface area contributed by atoms with Crippen molar-refractivity contribution in [1.29, 1.82) is 0 Å². The van der Waals surface area contributed by atoms with E-state index in [2.05, 4.69) is 9.97 Å². The van der Waals surface area contributed by atoms with Gasteiger partial charge < -0.3 is 4.98 Å². The van der Waals surface area contributed by atoms with E-state index in [0.717, 1.165) is 11.3 Å². The summed E-state index contributed by atoms with van der Waals surface area (Å²) in [5.41, 5.74) is 1.57. The molecule has 4 nitrogen and oxygen atoms in total. The van der Waals surface area contributed by atoms with Crippen LogP contribution in [0.2, 0.25) is 0 Å². The van der Waals surface area contributed by atoms with Gasteiger partial charge in [0.25, 0.3) is 5.56 Å². The Morgan fingerprint density at radius 1 is 1.50 bits per heavy atom. The van der Waals surface area contributed by atoms with Crippen LogP contribution in [0.1, 0.15) is 11.5 Å². The second kappa shape index (κ2) is 2.20. The van der Waals surface area contributed by atoms with Crippen LogP contribution in [0.25, 0.3) is 5.65 Å². The van der Waals surface area contributed by atoms with Crippen LogP contribution in [0.5, 0.6) is 0 Å². The minimum atomic E-state index is -0.0312. The molecule has 2 rings (SSSR count). The molecule has 0 unspecified atom stereocenters. The lowest BCUT2D eigenvalue weighted by Crippen LogP contribution is -2.14. The number of H-pyrrole nitrogens is 1. The van der Waals surface area contributed by atoms with Crippen molar-refractivity contribution in [3.63, 3.8) is 0 Å². The first-order valence-electron chi connectivity index (χ1n) is 3.72. The fourth-order valence-corrected chi connectivity index (χ4v) is 1.30. The van der Waals surface area contributed by atoms with Gasteiger partial charge in [0.05, 0.1) is 6.20 Å². The molecule has 0 atom stereocenters. The number of aromatic nitrogens is 3. The quantitative estimate of drug-likeness (QED) is 0.619. The SMILES string of the molecule is Cc1cc(=O)n2c(C)ncc2[nH]1. The Morgan fingerprint density at radius 2 is 2.25 bits per heavy atom. The molecule has 0 aliphatic carbocycles. The fraction of sp³-hybridized carbons (Fsp3) is 0.250. The highest BCUT2D eigenvalue weighted by atomic mass is 16.1. The number of rotatable bonds is 0. The monoisotopic (exact) mass is 163 g/mol. The van der Waals surface area contributed by atoms with E-state index in [0.29, 0.717) is 5.82 Å². The van der Waals surface area contributed by atoms with Crippen LogP contribution < -0.4 is 5.56 Å². The van der Waals surface area contributed by atoms with E-state index < -0.39 is 0 Å². The first-order chi connectivity index (χ1) is 5.68. The molecule has 0 saturated heterocycles. The normalized spacial score (nSPS) is 10.8. The van der Waals surface area contributed by atoms with Gasteiger partial charge in [-0.05, 0) is 13.8 Å². The maximum atomic E-state index is 11.4. The van der Waals surface area contributed by atoms with Crippen LogP contribution in [0.4, 0.5) is 0 Å². The molecule has 0 bridgehead atoms. The highest BCUT2D eigenvalue weighted by Crippen LogP contribution is 1.99. The Hall–Kier alpha value is -1.58. The summed E-state index contributed by atoms with van der Waals surface area (Å²) in [5.74, 6) is 0.714. The zero-order valence-electron chi connectivity index (χ0n) is 6.96. The number of aromatic amines is 1. The summed E-state index contributed by atoms with van der Waals surface area (Å²) in [6, 6.07) is 1.56. The first-order valence-corrected chi connectivity index (χ1v) is 3.72. The minimum absolute atomic E-state index is 0.0312. The Morgan fingerprint density at radius 3 is 3.00 bits per heavy atom. The second-order valence-electron chi connectivity index (χ2n) is 2.82. The second-order valence-corrected chi connectivity index (χ2v) is 2.82. The van der Waals surface area contributed by atoms with Crippen molar-refractivity contribution < 1.29 is 0 Å². The van der Waals surface area contributed by atoms with Crippen molar-refractivity contribution in [3.8, 4) is 0 Å². The molecule has 0 radical (unpaired) electrons. The van der Waals surface area contributed by atoms with Crippen LogP contribution in [0, 0.1) is 13.8 Å². The number of hydrogen-bond donors (Lipinski definition) is 1. The van der Waals surface area contributed by atoms with Gasteiger partial charge in [-0.2, -0.15) is 0 Å². The van der Waals surface area contributed by atoms with Gasteiger partial charge in [0.1, 0.15) is 11.5 Å². The standard InChI is InChI=1S/C8H9N3O/c1-5-3-8(12)11-6(2)9-4-7(11)10-5/h3-4,10H,1-2H3. The first kappa shape index (κ1) is 7.09. The predicted molar refractivity (Wildman–Crippen MR) is 45.3 cm³/mol. The number of aryl methyl sites for hydroxylation is 2. The number of nitrogens with zero attached hydrogens (tertiary/aromatic N) is 2. The topological polar surface area (TPSA) is 50.2 Å². The molecule has 0 fully saturated rings. The Labute approximate surface area is 68.9 Å². The molecule has 2 heterocycles. The molecule has 4 heteroatoms. The number of fused-ring (bicyclic) bond motifs is 1.